The first-order chi connectivity index (χ1) is 13.7. The fourth-order valence-electron chi connectivity index (χ4n) is 2.76. The topological polar surface area (TPSA) is 98.5 Å². The summed E-state index contributed by atoms with van der Waals surface area (Å²) in [5, 5.41) is 8.47. The van der Waals surface area contributed by atoms with E-state index in [9.17, 15) is 13.2 Å². The standard InChI is InChI=1S/C21H19ClN2O4S/c1-14-4-2-5-15(10-14)11-21(25)24-17-8-9-19(20(13-17)29(23,26)27)28-18-7-3-6-16(22)12-18/h2-10,12-13H,11H2,1H3,(H,24,25)(H2,23,26,27). The van der Waals surface area contributed by atoms with Gasteiger partial charge in [-0.05, 0) is 48.9 Å². The number of carbonyl (C=O) groups excluding carboxylic acids is 1. The van der Waals surface area contributed by atoms with Crippen LogP contribution < -0.4 is 15.2 Å². The first-order valence-corrected chi connectivity index (χ1v) is 10.6. The van der Waals surface area contributed by atoms with Gasteiger partial charge in [-0.1, -0.05) is 47.5 Å². The van der Waals surface area contributed by atoms with Crippen molar-refractivity contribution < 1.29 is 17.9 Å². The Kier molecular flexibility index (Phi) is 6.22. The van der Waals surface area contributed by atoms with Crippen molar-refractivity contribution in [2.45, 2.75) is 18.2 Å². The molecule has 0 unspecified atom stereocenters. The van der Waals surface area contributed by atoms with E-state index < -0.39 is 10.0 Å². The number of primary sulfonamides is 1. The summed E-state index contributed by atoms with van der Waals surface area (Å²) in [5.41, 5.74) is 2.20. The summed E-state index contributed by atoms with van der Waals surface area (Å²) in [7, 11) is -4.10. The van der Waals surface area contributed by atoms with Gasteiger partial charge in [0.15, 0.2) is 0 Å². The lowest BCUT2D eigenvalue weighted by molar-refractivity contribution is -0.115. The molecule has 0 saturated heterocycles. The molecule has 3 aromatic rings. The van der Waals surface area contributed by atoms with E-state index in [1.807, 2.05) is 31.2 Å². The van der Waals surface area contributed by atoms with E-state index in [1.54, 1.807) is 30.3 Å². The number of carbonyl (C=O) groups is 1. The van der Waals surface area contributed by atoms with E-state index in [2.05, 4.69) is 5.32 Å². The van der Waals surface area contributed by atoms with Gasteiger partial charge >= 0.3 is 0 Å². The first kappa shape index (κ1) is 20.9. The Bertz CT molecular complexity index is 1160. The Morgan fingerprint density at radius 1 is 1.07 bits per heavy atom. The molecule has 0 aliphatic rings. The van der Waals surface area contributed by atoms with Gasteiger partial charge in [-0.15, -0.1) is 0 Å². The van der Waals surface area contributed by atoms with E-state index in [1.165, 1.54) is 12.1 Å². The molecule has 0 aliphatic heterocycles. The molecule has 0 fully saturated rings. The Balaban J connectivity index is 1.82. The van der Waals surface area contributed by atoms with Gasteiger partial charge in [0.05, 0.1) is 6.42 Å². The molecule has 29 heavy (non-hydrogen) atoms. The summed E-state index contributed by atoms with van der Waals surface area (Å²) in [6, 6.07) is 18.4. The zero-order valence-electron chi connectivity index (χ0n) is 15.6. The van der Waals surface area contributed by atoms with Crippen molar-refractivity contribution in [3.8, 4) is 11.5 Å². The Morgan fingerprint density at radius 3 is 2.52 bits per heavy atom. The molecule has 0 radical (unpaired) electrons. The van der Waals surface area contributed by atoms with Crippen LogP contribution in [0.4, 0.5) is 5.69 Å². The number of nitrogens with two attached hydrogens (primary N) is 1. The van der Waals surface area contributed by atoms with Crippen molar-refractivity contribution in [3.63, 3.8) is 0 Å². The lowest BCUT2D eigenvalue weighted by atomic mass is 10.1. The second-order valence-corrected chi connectivity index (χ2v) is 8.45. The van der Waals surface area contributed by atoms with Crippen LogP contribution in [-0.2, 0) is 21.2 Å². The van der Waals surface area contributed by atoms with Gasteiger partial charge in [0.2, 0.25) is 15.9 Å². The molecule has 8 heteroatoms. The van der Waals surface area contributed by atoms with Gasteiger partial charge in [0, 0.05) is 10.7 Å². The zero-order valence-corrected chi connectivity index (χ0v) is 17.1. The summed E-state index contributed by atoms with van der Waals surface area (Å²) < 4.78 is 29.7. The average Bonchev–Trinajstić information content (AvgIpc) is 2.62. The maximum Gasteiger partial charge on any atom is 0.241 e. The number of halogens is 1. The maximum absolute atomic E-state index is 12.3. The molecule has 0 aliphatic carbocycles. The smallest absolute Gasteiger partial charge is 0.241 e. The second-order valence-electron chi connectivity index (χ2n) is 6.48. The number of nitrogens with one attached hydrogen (secondary N) is 1. The number of anilines is 1. The molecule has 3 N–H and O–H groups in total. The van der Waals surface area contributed by atoms with Crippen LogP contribution in [0.5, 0.6) is 11.5 Å². The number of hydrogen-bond acceptors (Lipinski definition) is 4. The van der Waals surface area contributed by atoms with Crippen LogP contribution in [0.1, 0.15) is 11.1 Å². The van der Waals surface area contributed by atoms with Crippen LogP contribution in [0.3, 0.4) is 0 Å². The molecule has 150 valence electrons. The van der Waals surface area contributed by atoms with Crippen LogP contribution in [0.2, 0.25) is 5.02 Å². The monoisotopic (exact) mass is 430 g/mol. The molecule has 0 saturated carbocycles. The Hall–Kier alpha value is -2.87. The number of benzene rings is 3. The van der Waals surface area contributed by atoms with E-state index in [-0.39, 0.29) is 23.0 Å². The van der Waals surface area contributed by atoms with Crippen LogP contribution in [0, 0.1) is 6.92 Å². The van der Waals surface area contributed by atoms with Crippen LogP contribution in [0.25, 0.3) is 0 Å². The van der Waals surface area contributed by atoms with Crippen LogP contribution in [-0.4, -0.2) is 14.3 Å². The van der Waals surface area contributed by atoms with Gasteiger partial charge < -0.3 is 10.1 Å². The predicted octanol–water partition coefficient (Wildman–Crippen LogP) is 4.27. The lowest BCUT2D eigenvalue weighted by Gasteiger charge is -2.13. The van der Waals surface area contributed by atoms with Crippen molar-refractivity contribution in [1.29, 1.82) is 0 Å². The van der Waals surface area contributed by atoms with Crippen molar-refractivity contribution >= 4 is 33.2 Å². The molecule has 0 atom stereocenters. The third-order valence-corrected chi connectivity index (χ3v) is 5.17. The largest absolute Gasteiger partial charge is 0.456 e. The number of rotatable bonds is 6. The summed E-state index contributed by atoms with van der Waals surface area (Å²) in [5.74, 6) is 0.115. The van der Waals surface area contributed by atoms with Gasteiger partial charge in [0.1, 0.15) is 16.4 Å². The van der Waals surface area contributed by atoms with Crippen LogP contribution >= 0.6 is 11.6 Å². The fourth-order valence-corrected chi connectivity index (χ4v) is 3.62. The summed E-state index contributed by atoms with van der Waals surface area (Å²) in [6.45, 7) is 1.94. The second kappa shape index (κ2) is 8.65. The minimum absolute atomic E-state index is 0.0337. The first-order valence-electron chi connectivity index (χ1n) is 8.66. The average molecular weight is 431 g/mol. The molecule has 3 aromatic carbocycles. The number of sulfonamides is 1. The van der Waals surface area contributed by atoms with E-state index in [4.69, 9.17) is 21.5 Å². The molecule has 6 nitrogen and oxygen atoms in total. The number of hydrogen-bond donors (Lipinski definition) is 2. The molecular weight excluding hydrogens is 412 g/mol. The van der Waals surface area contributed by atoms with Crippen molar-refractivity contribution in [3.05, 3.63) is 82.9 Å². The molecular formula is C21H19ClN2O4S. The molecule has 0 aromatic heterocycles. The Morgan fingerprint density at radius 2 is 1.83 bits per heavy atom. The third-order valence-electron chi connectivity index (χ3n) is 4.01. The maximum atomic E-state index is 12.3. The number of ether oxygens (including phenoxy) is 1. The number of aryl methyl sites for hydroxylation is 1. The fraction of sp³-hybridized carbons (Fsp3) is 0.0952. The van der Waals surface area contributed by atoms with Gasteiger partial charge in [-0.3, -0.25) is 4.79 Å². The van der Waals surface area contributed by atoms with Gasteiger partial charge in [-0.25, -0.2) is 13.6 Å². The molecule has 0 spiro atoms. The summed E-state index contributed by atoms with van der Waals surface area (Å²) >= 11 is 5.93. The van der Waals surface area contributed by atoms with E-state index in [0.29, 0.717) is 16.5 Å². The molecule has 0 bridgehead atoms. The minimum atomic E-state index is -4.10. The van der Waals surface area contributed by atoms with E-state index in [0.717, 1.165) is 11.1 Å². The highest BCUT2D eigenvalue weighted by Gasteiger charge is 2.18. The van der Waals surface area contributed by atoms with Gasteiger partial charge in [0.25, 0.3) is 0 Å². The normalized spacial score (nSPS) is 11.1. The molecule has 0 heterocycles. The van der Waals surface area contributed by atoms with E-state index >= 15 is 0 Å². The highest BCUT2D eigenvalue weighted by atomic mass is 35.5. The molecule has 1 amide bonds. The highest BCUT2D eigenvalue weighted by Crippen LogP contribution is 2.31. The summed E-state index contributed by atoms with van der Waals surface area (Å²) in [6.07, 6.45) is 0.160. The van der Waals surface area contributed by atoms with Crippen molar-refractivity contribution in [2.75, 3.05) is 5.32 Å². The molecule has 3 rings (SSSR count). The predicted molar refractivity (Wildman–Crippen MR) is 113 cm³/mol. The quantitative estimate of drug-likeness (QED) is 0.610. The van der Waals surface area contributed by atoms with Crippen molar-refractivity contribution in [2.24, 2.45) is 5.14 Å². The lowest BCUT2D eigenvalue weighted by Crippen LogP contribution is -2.17. The number of amides is 1. The SMILES string of the molecule is Cc1cccc(CC(=O)Nc2ccc(Oc3cccc(Cl)c3)c(S(N)(=O)=O)c2)c1. The van der Waals surface area contributed by atoms with Gasteiger partial charge in [-0.2, -0.15) is 0 Å². The highest BCUT2D eigenvalue weighted by molar-refractivity contribution is 7.89. The van der Waals surface area contributed by atoms with Crippen LogP contribution in [0.15, 0.2) is 71.6 Å². The van der Waals surface area contributed by atoms with Crippen molar-refractivity contribution in [1.82, 2.24) is 0 Å². The summed E-state index contributed by atoms with van der Waals surface area (Å²) in [4.78, 5) is 12.1. The third kappa shape index (κ3) is 5.80. The zero-order chi connectivity index (χ0) is 21.0. The minimum Gasteiger partial charge on any atom is -0.456 e. The Labute approximate surface area is 174 Å².